The number of nitrogens with zero attached hydrogens (tertiary/aromatic N) is 3. The molecule has 3 aliphatic heterocycles. The molecule has 0 radical (unpaired) electrons. The van der Waals surface area contributed by atoms with Crippen LogP contribution < -0.4 is 5.32 Å². The SMILES string of the molecule is Cc1ccc([C@@H]2NC(=O)N(C)C3=C2C(=O)N([C@H](Cc2ccccc2)C(=O)N2CCCC2)C3)cc1. The number of hydrogen-bond donors (Lipinski definition) is 1. The van der Waals surface area contributed by atoms with E-state index in [1.165, 1.54) is 4.90 Å². The van der Waals surface area contributed by atoms with Crippen molar-refractivity contribution in [3.05, 3.63) is 82.6 Å². The van der Waals surface area contributed by atoms with Crippen molar-refractivity contribution in [1.29, 1.82) is 0 Å². The predicted octanol–water partition coefficient (Wildman–Crippen LogP) is 3.02. The molecule has 34 heavy (non-hydrogen) atoms. The van der Waals surface area contributed by atoms with Crippen LogP contribution in [0.25, 0.3) is 0 Å². The second-order valence-electron chi connectivity index (χ2n) is 9.38. The number of carbonyl (C=O) groups is 3. The number of nitrogens with one attached hydrogen (secondary N) is 1. The molecule has 7 nitrogen and oxygen atoms in total. The maximum absolute atomic E-state index is 13.9. The lowest BCUT2D eigenvalue weighted by atomic mass is 9.95. The van der Waals surface area contributed by atoms with Crippen LogP contribution in [0.1, 0.15) is 35.6 Å². The van der Waals surface area contributed by atoms with Gasteiger partial charge in [-0.3, -0.25) is 14.5 Å². The first-order valence-corrected chi connectivity index (χ1v) is 11.9. The summed E-state index contributed by atoms with van der Waals surface area (Å²) in [4.78, 5) is 45.4. The Morgan fingerprint density at radius 2 is 1.71 bits per heavy atom. The van der Waals surface area contributed by atoms with Crippen molar-refractivity contribution < 1.29 is 14.4 Å². The Morgan fingerprint density at radius 1 is 1.03 bits per heavy atom. The van der Waals surface area contributed by atoms with Gasteiger partial charge in [0.2, 0.25) is 5.91 Å². The molecule has 0 aromatic heterocycles. The first kappa shape index (κ1) is 22.2. The molecule has 2 atom stereocenters. The van der Waals surface area contributed by atoms with Crippen LogP contribution in [0.4, 0.5) is 4.79 Å². The molecule has 7 heteroatoms. The minimum atomic E-state index is -0.610. The van der Waals surface area contributed by atoms with E-state index in [1.54, 1.807) is 11.9 Å². The van der Waals surface area contributed by atoms with Gasteiger partial charge in [-0.25, -0.2) is 4.79 Å². The summed E-state index contributed by atoms with van der Waals surface area (Å²) in [5.41, 5.74) is 4.20. The zero-order chi connectivity index (χ0) is 23.8. The normalized spacial score (nSPS) is 21.1. The van der Waals surface area contributed by atoms with Gasteiger partial charge < -0.3 is 15.1 Å². The van der Waals surface area contributed by atoms with Crippen LogP contribution in [0.15, 0.2) is 65.9 Å². The fourth-order valence-corrected chi connectivity index (χ4v) is 5.17. The highest BCUT2D eigenvalue weighted by atomic mass is 16.2. The van der Waals surface area contributed by atoms with Crippen molar-refractivity contribution in [2.45, 2.75) is 38.3 Å². The van der Waals surface area contributed by atoms with E-state index in [0.29, 0.717) is 17.7 Å². The van der Waals surface area contributed by atoms with Gasteiger partial charge >= 0.3 is 6.03 Å². The van der Waals surface area contributed by atoms with E-state index in [2.05, 4.69) is 5.32 Å². The number of likely N-dealkylation sites (tertiary alicyclic amines) is 1. The van der Waals surface area contributed by atoms with E-state index < -0.39 is 12.1 Å². The predicted molar refractivity (Wildman–Crippen MR) is 129 cm³/mol. The lowest BCUT2D eigenvalue weighted by molar-refractivity contribution is -0.142. The molecule has 3 heterocycles. The molecule has 3 aliphatic rings. The van der Waals surface area contributed by atoms with Gasteiger partial charge in [-0.1, -0.05) is 60.2 Å². The summed E-state index contributed by atoms with van der Waals surface area (Å²) < 4.78 is 0. The number of urea groups is 1. The maximum atomic E-state index is 13.9. The molecule has 0 aliphatic carbocycles. The van der Waals surface area contributed by atoms with Crippen LogP contribution in [0.3, 0.4) is 0 Å². The summed E-state index contributed by atoms with van der Waals surface area (Å²) >= 11 is 0. The van der Waals surface area contributed by atoms with Gasteiger partial charge in [-0.2, -0.15) is 0 Å². The molecule has 0 unspecified atom stereocenters. The zero-order valence-electron chi connectivity index (χ0n) is 19.7. The van der Waals surface area contributed by atoms with Gasteiger partial charge in [0.25, 0.3) is 5.91 Å². The molecule has 176 valence electrons. The molecule has 1 saturated heterocycles. The van der Waals surface area contributed by atoms with Crippen LogP contribution in [0, 0.1) is 6.92 Å². The molecular weight excluding hydrogens is 428 g/mol. The Hall–Kier alpha value is -3.61. The molecule has 2 aromatic rings. The van der Waals surface area contributed by atoms with Crippen LogP contribution in [-0.2, 0) is 16.0 Å². The summed E-state index contributed by atoms with van der Waals surface area (Å²) in [7, 11) is 1.68. The molecule has 5 rings (SSSR count). The van der Waals surface area contributed by atoms with E-state index in [9.17, 15) is 14.4 Å². The lowest BCUT2D eigenvalue weighted by Crippen LogP contribution is -2.50. The Bertz CT molecular complexity index is 1140. The average molecular weight is 459 g/mol. The number of amides is 4. The molecule has 1 N–H and O–H groups in total. The number of likely N-dealkylation sites (N-methyl/N-ethyl adjacent to an activating group) is 1. The number of aryl methyl sites for hydroxylation is 1. The number of hydrogen-bond acceptors (Lipinski definition) is 3. The fraction of sp³-hybridized carbons (Fsp3) is 0.370. The Morgan fingerprint density at radius 3 is 2.38 bits per heavy atom. The molecule has 2 aromatic carbocycles. The van der Waals surface area contributed by atoms with Gasteiger partial charge in [0.1, 0.15) is 6.04 Å². The quantitative estimate of drug-likeness (QED) is 0.749. The molecule has 0 bridgehead atoms. The van der Waals surface area contributed by atoms with Gasteiger partial charge in [0.05, 0.1) is 23.9 Å². The molecule has 4 amide bonds. The summed E-state index contributed by atoms with van der Waals surface area (Å²) in [5, 5.41) is 2.98. The number of carbonyl (C=O) groups excluding carboxylic acids is 3. The first-order valence-electron chi connectivity index (χ1n) is 11.9. The molecule has 0 spiro atoms. The topological polar surface area (TPSA) is 73.0 Å². The third kappa shape index (κ3) is 3.95. The van der Waals surface area contributed by atoms with Crippen LogP contribution in [0.2, 0.25) is 0 Å². The summed E-state index contributed by atoms with van der Waals surface area (Å²) in [5.74, 6) is -0.190. The van der Waals surface area contributed by atoms with Gasteiger partial charge in [-0.15, -0.1) is 0 Å². The Balaban J connectivity index is 1.50. The standard InChI is InChI=1S/C27H30N4O3/c1-18-10-12-20(13-11-18)24-23-22(29(2)27(34)28-24)17-31(26(23)33)21(16-19-8-4-3-5-9-19)25(32)30-14-6-7-15-30/h3-5,8-13,21,24H,6-7,14-17H2,1-2H3,(H,28,34)/t21-,24+/m1/s1. The summed E-state index contributed by atoms with van der Waals surface area (Å²) in [6, 6.07) is 16.3. The number of benzene rings is 2. The second kappa shape index (κ2) is 8.97. The number of rotatable bonds is 5. The smallest absolute Gasteiger partial charge is 0.322 e. The van der Waals surface area contributed by atoms with Crippen LogP contribution in [-0.4, -0.2) is 65.3 Å². The van der Waals surface area contributed by atoms with Crippen molar-refractivity contribution in [1.82, 2.24) is 20.0 Å². The maximum Gasteiger partial charge on any atom is 0.322 e. The van der Waals surface area contributed by atoms with Crippen LogP contribution in [0.5, 0.6) is 0 Å². The minimum Gasteiger partial charge on any atom is -0.341 e. The Kier molecular flexibility index (Phi) is 5.86. The largest absolute Gasteiger partial charge is 0.341 e. The fourth-order valence-electron chi connectivity index (χ4n) is 5.17. The van der Waals surface area contributed by atoms with Crippen molar-refractivity contribution in [2.24, 2.45) is 0 Å². The van der Waals surface area contributed by atoms with E-state index in [0.717, 1.165) is 42.6 Å². The average Bonchev–Trinajstić information content (AvgIpc) is 3.50. The van der Waals surface area contributed by atoms with Crippen molar-refractivity contribution in [2.75, 3.05) is 26.7 Å². The van der Waals surface area contributed by atoms with Crippen molar-refractivity contribution >= 4 is 17.8 Å². The van der Waals surface area contributed by atoms with Gasteiger partial charge in [0.15, 0.2) is 0 Å². The highest BCUT2D eigenvalue weighted by Gasteiger charge is 2.47. The highest BCUT2D eigenvalue weighted by molar-refractivity contribution is 6.03. The van der Waals surface area contributed by atoms with E-state index in [4.69, 9.17) is 0 Å². The highest BCUT2D eigenvalue weighted by Crippen LogP contribution is 2.37. The third-order valence-corrected chi connectivity index (χ3v) is 7.15. The molecule has 1 fully saturated rings. The van der Waals surface area contributed by atoms with E-state index in [1.807, 2.05) is 66.4 Å². The van der Waals surface area contributed by atoms with E-state index >= 15 is 0 Å². The second-order valence-corrected chi connectivity index (χ2v) is 9.38. The minimum absolute atomic E-state index is 0.0108. The van der Waals surface area contributed by atoms with Crippen molar-refractivity contribution in [3.8, 4) is 0 Å². The molecule has 0 saturated carbocycles. The molecular formula is C27H30N4O3. The lowest BCUT2D eigenvalue weighted by Gasteiger charge is -2.31. The monoisotopic (exact) mass is 458 g/mol. The van der Waals surface area contributed by atoms with Gasteiger partial charge in [-0.05, 0) is 30.9 Å². The Labute approximate surface area is 200 Å². The van der Waals surface area contributed by atoms with Gasteiger partial charge in [0, 0.05) is 26.6 Å². The van der Waals surface area contributed by atoms with E-state index in [-0.39, 0.29) is 24.4 Å². The summed E-state index contributed by atoms with van der Waals surface area (Å²) in [6.07, 6.45) is 2.43. The third-order valence-electron chi connectivity index (χ3n) is 7.15. The first-order chi connectivity index (χ1) is 16.4. The zero-order valence-corrected chi connectivity index (χ0v) is 19.7. The summed E-state index contributed by atoms with van der Waals surface area (Å²) in [6.45, 7) is 3.70. The van der Waals surface area contributed by atoms with Crippen LogP contribution >= 0.6 is 0 Å². The van der Waals surface area contributed by atoms with Crippen molar-refractivity contribution in [3.63, 3.8) is 0 Å².